The topological polar surface area (TPSA) is 65.1 Å². The molecule has 0 aromatic heterocycles. The number of esters is 2. The van der Waals surface area contributed by atoms with Gasteiger partial charge in [-0.3, -0.25) is 4.79 Å². The Labute approximate surface area is 145 Å². The van der Waals surface area contributed by atoms with Gasteiger partial charge in [-0.15, -0.1) is 0 Å². The Kier molecular flexibility index (Phi) is 5.26. The van der Waals surface area contributed by atoms with Crippen molar-refractivity contribution >= 4 is 18.0 Å². The molecular formula is C20H18O5. The second kappa shape index (κ2) is 7.77. The molecule has 0 N–H and O–H groups in total. The van der Waals surface area contributed by atoms with Crippen LogP contribution in [0, 0.1) is 0 Å². The Hall–Kier alpha value is -2.92. The molecular weight excluding hydrogens is 320 g/mol. The first-order valence-electron chi connectivity index (χ1n) is 7.95. The predicted molar refractivity (Wildman–Crippen MR) is 92.3 cm³/mol. The van der Waals surface area contributed by atoms with E-state index in [4.69, 9.17) is 14.2 Å². The van der Waals surface area contributed by atoms with Gasteiger partial charge in [0.2, 0.25) is 0 Å². The van der Waals surface area contributed by atoms with E-state index in [0.29, 0.717) is 23.5 Å². The van der Waals surface area contributed by atoms with Crippen molar-refractivity contribution in [1.82, 2.24) is 0 Å². The number of carbonyl (C=O) groups excluding carboxylic acids is 2. The van der Waals surface area contributed by atoms with Gasteiger partial charge in [0, 0.05) is 5.56 Å². The van der Waals surface area contributed by atoms with Crippen molar-refractivity contribution in [3.8, 4) is 5.75 Å². The van der Waals surface area contributed by atoms with Gasteiger partial charge in [0.15, 0.2) is 0 Å². The molecule has 1 aliphatic rings. The SMILES string of the molecule is C=Cc1ccc(C(=O)Oc2ccccc2CC(=O)OCC2CO2)cc1. The first-order valence-corrected chi connectivity index (χ1v) is 7.95. The molecule has 1 atom stereocenters. The van der Waals surface area contributed by atoms with Crippen LogP contribution in [-0.4, -0.2) is 31.3 Å². The maximum Gasteiger partial charge on any atom is 0.343 e. The number of rotatable bonds is 7. The van der Waals surface area contributed by atoms with Crippen LogP contribution in [0.1, 0.15) is 21.5 Å². The number of para-hydroxylation sites is 1. The molecule has 1 fully saturated rings. The molecule has 0 amide bonds. The van der Waals surface area contributed by atoms with E-state index >= 15 is 0 Å². The third-order valence-electron chi connectivity index (χ3n) is 3.72. The molecule has 0 radical (unpaired) electrons. The largest absolute Gasteiger partial charge is 0.463 e. The zero-order valence-electron chi connectivity index (χ0n) is 13.6. The van der Waals surface area contributed by atoms with E-state index in [1.54, 1.807) is 54.6 Å². The highest BCUT2D eigenvalue weighted by Crippen LogP contribution is 2.21. The average Bonchev–Trinajstić information content (AvgIpc) is 3.46. The van der Waals surface area contributed by atoms with E-state index in [1.165, 1.54) is 0 Å². The van der Waals surface area contributed by atoms with Gasteiger partial charge in [0.1, 0.15) is 18.5 Å². The molecule has 0 saturated carbocycles. The third kappa shape index (κ3) is 4.78. The Morgan fingerprint density at radius 2 is 1.88 bits per heavy atom. The Morgan fingerprint density at radius 3 is 2.56 bits per heavy atom. The second-order valence-electron chi connectivity index (χ2n) is 5.64. The van der Waals surface area contributed by atoms with Crippen LogP contribution < -0.4 is 4.74 Å². The summed E-state index contributed by atoms with van der Waals surface area (Å²) in [5, 5.41) is 0. The quantitative estimate of drug-likeness (QED) is 0.441. The molecule has 1 heterocycles. The number of hydrogen-bond acceptors (Lipinski definition) is 5. The van der Waals surface area contributed by atoms with Crippen LogP contribution in [0.3, 0.4) is 0 Å². The summed E-state index contributed by atoms with van der Waals surface area (Å²) in [6.45, 7) is 4.57. The van der Waals surface area contributed by atoms with Crippen LogP contribution in [0.25, 0.3) is 6.08 Å². The standard InChI is InChI=1S/C20H18O5/c1-2-14-7-9-15(10-8-14)20(22)25-18-6-4-3-5-16(18)11-19(21)24-13-17-12-23-17/h2-10,17H,1,11-13H2. The molecule has 2 aromatic rings. The molecule has 1 unspecified atom stereocenters. The summed E-state index contributed by atoms with van der Waals surface area (Å²) in [5.41, 5.74) is 1.94. The van der Waals surface area contributed by atoms with E-state index in [-0.39, 0.29) is 25.1 Å². The van der Waals surface area contributed by atoms with Gasteiger partial charge in [-0.25, -0.2) is 4.79 Å². The van der Waals surface area contributed by atoms with Gasteiger partial charge in [0.05, 0.1) is 18.6 Å². The van der Waals surface area contributed by atoms with Crippen molar-refractivity contribution in [1.29, 1.82) is 0 Å². The highest BCUT2D eigenvalue weighted by molar-refractivity contribution is 5.91. The van der Waals surface area contributed by atoms with Crippen molar-refractivity contribution in [2.24, 2.45) is 0 Å². The van der Waals surface area contributed by atoms with Crippen LogP contribution in [0.15, 0.2) is 55.1 Å². The van der Waals surface area contributed by atoms with Crippen LogP contribution >= 0.6 is 0 Å². The second-order valence-corrected chi connectivity index (χ2v) is 5.64. The third-order valence-corrected chi connectivity index (χ3v) is 3.72. The molecule has 1 aliphatic heterocycles. The van der Waals surface area contributed by atoms with Crippen molar-refractivity contribution in [3.63, 3.8) is 0 Å². The highest BCUT2D eigenvalue weighted by Gasteiger charge is 2.24. The minimum absolute atomic E-state index is 0.0237. The number of ether oxygens (including phenoxy) is 3. The molecule has 0 bridgehead atoms. The van der Waals surface area contributed by atoms with E-state index < -0.39 is 5.97 Å². The fraction of sp³-hybridized carbons (Fsp3) is 0.200. The van der Waals surface area contributed by atoms with E-state index in [1.807, 2.05) is 0 Å². The Balaban J connectivity index is 1.65. The highest BCUT2D eigenvalue weighted by atomic mass is 16.6. The van der Waals surface area contributed by atoms with Crippen LogP contribution in [0.2, 0.25) is 0 Å². The maximum absolute atomic E-state index is 12.3. The molecule has 5 heteroatoms. The lowest BCUT2D eigenvalue weighted by Gasteiger charge is -2.10. The first kappa shape index (κ1) is 16.9. The fourth-order valence-electron chi connectivity index (χ4n) is 2.22. The van der Waals surface area contributed by atoms with E-state index in [2.05, 4.69) is 6.58 Å². The number of benzene rings is 2. The lowest BCUT2D eigenvalue weighted by Crippen LogP contribution is -2.14. The van der Waals surface area contributed by atoms with E-state index in [0.717, 1.165) is 5.56 Å². The number of hydrogen-bond donors (Lipinski definition) is 0. The van der Waals surface area contributed by atoms with Crippen molar-refractivity contribution in [2.75, 3.05) is 13.2 Å². The van der Waals surface area contributed by atoms with Gasteiger partial charge in [0.25, 0.3) is 0 Å². The van der Waals surface area contributed by atoms with E-state index in [9.17, 15) is 9.59 Å². The van der Waals surface area contributed by atoms with Crippen molar-refractivity contribution in [3.05, 3.63) is 71.8 Å². The molecule has 2 aromatic carbocycles. The van der Waals surface area contributed by atoms with Crippen LogP contribution in [0.4, 0.5) is 0 Å². The minimum Gasteiger partial charge on any atom is -0.463 e. The summed E-state index contributed by atoms with van der Waals surface area (Å²) in [7, 11) is 0. The molecule has 3 rings (SSSR count). The zero-order chi connectivity index (χ0) is 17.6. The maximum atomic E-state index is 12.3. The zero-order valence-corrected chi connectivity index (χ0v) is 13.6. The molecule has 0 spiro atoms. The summed E-state index contributed by atoms with van der Waals surface area (Å²) >= 11 is 0. The predicted octanol–water partition coefficient (Wildman–Crippen LogP) is 3.03. The lowest BCUT2D eigenvalue weighted by atomic mass is 10.1. The monoisotopic (exact) mass is 338 g/mol. The van der Waals surface area contributed by atoms with Crippen molar-refractivity contribution in [2.45, 2.75) is 12.5 Å². The summed E-state index contributed by atoms with van der Waals surface area (Å²) < 4.78 is 15.6. The summed E-state index contributed by atoms with van der Waals surface area (Å²) in [6.07, 6.45) is 1.75. The number of carbonyl (C=O) groups is 2. The Bertz CT molecular complexity index is 775. The van der Waals surface area contributed by atoms with Crippen molar-refractivity contribution < 1.29 is 23.8 Å². The van der Waals surface area contributed by atoms with Gasteiger partial charge in [-0.1, -0.05) is 43.0 Å². The summed E-state index contributed by atoms with van der Waals surface area (Å²) in [6, 6.07) is 13.8. The summed E-state index contributed by atoms with van der Waals surface area (Å²) in [5.74, 6) is -0.517. The normalized spacial score (nSPS) is 15.3. The van der Waals surface area contributed by atoms with Crippen LogP contribution in [0.5, 0.6) is 5.75 Å². The van der Waals surface area contributed by atoms with Crippen LogP contribution in [-0.2, 0) is 20.7 Å². The minimum atomic E-state index is -0.484. The molecule has 128 valence electrons. The molecule has 5 nitrogen and oxygen atoms in total. The van der Waals surface area contributed by atoms with Gasteiger partial charge < -0.3 is 14.2 Å². The first-order chi connectivity index (χ1) is 12.2. The molecule has 25 heavy (non-hydrogen) atoms. The fourth-order valence-corrected chi connectivity index (χ4v) is 2.22. The lowest BCUT2D eigenvalue weighted by molar-refractivity contribution is -0.143. The number of epoxide rings is 1. The average molecular weight is 338 g/mol. The Morgan fingerprint density at radius 1 is 1.16 bits per heavy atom. The summed E-state index contributed by atoms with van der Waals surface area (Å²) in [4.78, 5) is 24.2. The molecule has 1 saturated heterocycles. The molecule has 0 aliphatic carbocycles. The van der Waals surface area contributed by atoms with Gasteiger partial charge in [-0.05, 0) is 23.8 Å². The smallest absolute Gasteiger partial charge is 0.343 e. The van der Waals surface area contributed by atoms with Gasteiger partial charge >= 0.3 is 11.9 Å². The van der Waals surface area contributed by atoms with Gasteiger partial charge in [-0.2, -0.15) is 0 Å².